The van der Waals surface area contributed by atoms with E-state index in [0.717, 1.165) is 16.9 Å². The molecule has 0 aliphatic rings. The number of alkyl halides is 1. The van der Waals surface area contributed by atoms with Crippen molar-refractivity contribution in [2.24, 2.45) is 0 Å². The number of carbonyl (C=O) groups is 1. The van der Waals surface area contributed by atoms with Gasteiger partial charge in [-0.2, -0.15) is 0 Å². The van der Waals surface area contributed by atoms with Crippen LogP contribution in [0.2, 0.25) is 0 Å². The summed E-state index contributed by atoms with van der Waals surface area (Å²) in [5, 5.41) is 2.64. The lowest BCUT2D eigenvalue weighted by Crippen LogP contribution is -2.28. The van der Waals surface area contributed by atoms with Gasteiger partial charge < -0.3 is 10.1 Å². The number of halogens is 1. The van der Waals surface area contributed by atoms with E-state index in [4.69, 9.17) is 16.3 Å². The first-order chi connectivity index (χ1) is 7.63. The van der Waals surface area contributed by atoms with Gasteiger partial charge >= 0.3 is 0 Å². The lowest BCUT2D eigenvalue weighted by atomic mass is 10.1. The Morgan fingerprint density at radius 1 is 1.44 bits per heavy atom. The molecule has 1 amide bonds. The van der Waals surface area contributed by atoms with Crippen molar-refractivity contribution in [1.29, 1.82) is 0 Å². The third kappa shape index (κ3) is 4.11. The van der Waals surface area contributed by atoms with Gasteiger partial charge in [0.2, 0.25) is 5.91 Å². The van der Waals surface area contributed by atoms with Crippen molar-refractivity contribution in [2.75, 3.05) is 19.0 Å². The van der Waals surface area contributed by atoms with Crippen LogP contribution in [-0.4, -0.2) is 24.9 Å². The molecule has 0 heterocycles. The monoisotopic (exact) mass is 241 g/mol. The molecular formula is C12H16ClNO2. The van der Waals surface area contributed by atoms with Crippen molar-refractivity contribution in [1.82, 2.24) is 5.32 Å². The predicted octanol–water partition coefficient (Wildman–Crippen LogP) is 2.04. The number of hydrogen-bond donors (Lipinski definition) is 1. The molecule has 1 aromatic rings. The van der Waals surface area contributed by atoms with Crippen LogP contribution < -0.4 is 10.1 Å². The van der Waals surface area contributed by atoms with Crippen LogP contribution in [0.15, 0.2) is 18.2 Å². The quantitative estimate of drug-likeness (QED) is 0.633. The Morgan fingerprint density at radius 2 is 2.19 bits per heavy atom. The maximum absolute atomic E-state index is 10.8. The summed E-state index contributed by atoms with van der Waals surface area (Å²) in [5.74, 6) is 0.676. The highest BCUT2D eigenvalue weighted by atomic mass is 35.5. The van der Waals surface area contributed by atoms with Gasteiger partial charge in [-0.15, -0.1) is 11.6 Å². The largest absolute Gasteiger partial charge is 0.491 e. The van der Waals surface area contributed by atoms with E-state index in [1.807, 2.05) is 32.0 Å². The van der Waals surface area contributed by atoms with E-state index in [1.54, 1.807) is 0 Å². The molecule has 1 rings (SSSR count). The molecule has 0 fully saturated rings. The SMILES string of the molecule is Cc1ccc(C)c(OCCNC(=O)CCl)c1. The molecule has 0 aliphatic heterocycles. The molecule has 0 saturated heterocycles. The van der Waals surface area contributed by atoms with E-state index in [-0.39, 0.29) is 11.8 Å². The van der Waals surface area contributed by atoms with E-state index in [9.17, 15) is 4.79 Å². The van der Waals surface area contributed by atoms with Crippen molar-refractivity contribution >= 4 is 17.5 Å². The fourth-order valence-corrected chi connectivity index (χ4v) is 1.36. The summed E-state index contributed by atoms with van der Waals surface area (Å²) in [7, 11) is 0. The van der Waals surface area contributed by atoms with Crippen LogP contribution >= 0.6 is 11.6 Å². The molecule has 0 radical (unpaired) electrons. The van der Waals surface area contributed by atoms with Crippen LogP contribution in [0.5, 0.6) is 5.75 Å². The molecule has 0 atom stereocenters. The molecule has 0 aromatic heterocycles. The summed E-state index contributed by atoms with van der Waals surface area (Å²) in [6.07, 6.45) is 0. The minimum Gasteiger partial charge on any atom is -0.491 e. The first-order valence-electron chi connectivity index (χ1n) is 5.16. The van der Waals surface area contributed by atoms with Gasteiger partial charge in [-0.05, 0) is 31.0 Å². The molecule has 3 nitrogen and oxygen atoms in total. The van der Waals surface area contributed by atoms with Gasteiger partial charge in [0.1, 0.15) is 18.2 Å². The molecule has 16 heavy (non-hydrogen) atoms. The summed E-state index contributed by atoms with van der Waals surface area (Å²) >= 11 is 5.34. The molecule has 0 spiro atoms. The van der Waals surface area contributed by atoms with Gasteiger partial charge in [-0.3, -0.25) is 4.79 Å². The molecule has 0 aliphatic carbocycles. The van der Waals surface area contributed by atoms with Gasteiger partial charge in [-0.25, -0.2) is 0 Å². The Bertz CT molecular complexity index is 366. The Hall–Kier alpha value is -1.22. The van der Waals surface area contributed by atoms with Gasteiger partial charge in [0.15, 0.2) is 0 Å². The Kier molecular flexibility index (Phi) is 5.12. The van der Waals surface area contributed by atoms with Crippen molar-refractivity contribution < 1.29 is 9.53 Å². The average molecular weight is 242 g/mol. The summed E-state index contributed by atoms with van der Waals surface area (Å²) in [5.41, 5.74) is 2.25. The summed E-state index contributed by atoms with van der Waals surface area (Å²) in [6.45, 7) is 4.93. The lowest BCUT2D eigenvalue weighted by molar-refractivity contribution is -0.118. The van der Waals surface area contributed by atoms with Crippen molar-refractivity contribution in [3.8, 4) is 5.75 Å². The molecule has 0 bridgehead atoms. The number of benzene rings is 1. The maximum atomic E-state index is 10.8. The van der Waals surface area contributed by atoms with E-state index >= 15 is 0 Å². The number of aryl methyl sites for hydroxylation is 2. The highest BCUT2D eigenvalue weighted by molar-refractivity contribution is 6.27. The molecule has 88 valence electrons. The normalized spacial score (nSPS) is 9.94. The molecular weight excluding hydrogens is 226 g/mol. The smallest absolute Gasteiger partial charge is 0.235 e. The summed E-state index contributed by atoms with van der Waals surface area (Å²) in [4.78, 5) is 10.8. The van der Waals surface area contributed by atoms with Gasteiger partial charge in [0.05, 0.1) is 6.54 Å². The number of nitrogens with one attached hydrogen (secondary N) is 1. The third-order valence-electron chi connectivity index (χ3n) is 2.15. The zero-order chi connectivity index (χ0) is 12.0. The lowest BCUT2D eigenvalue weighted by Gasteiger charge is -2.10. The third-order valence-corrected chi connectivity index (χ3v) is 2.39. The van der Waals surface area contributed by atoms with Crippen molar-refractivity contribution in [3.05, 3.63) is 29.3 Å². The molecule has 0 unspecified atom stereocenters. The van der Waals surface area contributed by atoms with Crippen LogP contribution in [0.1, 0.15) is 11.1 Å². The van der Waals surface area contributed by atoms with Crippen LogP contribution in [0.25, 0.3) is 0 Å². The Labute approximate surface area is 101 Å². The Balaban J connectivity index is 2.37. The fourth-order valence-electron chi connectivity index (χ4n) is 1.26. The van der Waals surface area contributed by atoms with E-state index < -0.39 is 0 Å². The minimum absolute atomic E-state index is 0.0104. The first kappa shape index (κ1) is 12.8. The topological polar surface area (TPSA) is 38.3 Å². The van der Waals surface area contributed by atoms with Crippen molar-refractivity contribution in [3.63, 3.8) is 0 Å². The highest BCUT2D eigenvalue weighted by Crippen LogP contribution is 2.18. The van der Waals surface area contributed by atoms with Gasteiger partial charge in [-0.1, -0.05) is 12.1 Å². The predicted molar refractivity (Wildman–Crippen MR) is 65.1 cm³/mol. The number of amides is 1. The second kappa shape index (κ2) is 6.38. The van der Waals surface area contributed by atoms with Crippen LogP contribution in [0, 0.1) is 13.8 Å². The molecule has 0 saturated carbocycles. The summed E-state index contributed by atoms with van der Waals surface area (Å²) in [6, 6.07) is 6.04. The number of carbonyl (C=O) groups excluding carboxylic acids is 1. The van der Waals surface area contributed by atoms with E-state index in [2.05, 4.69) is 5.32 Å². The zero-order valence-corrected chi connectivity index (χ0v) is 10.3. The van der Waals surface area contributed by atoms with Crippen LogP contribution in [-0.2, 0) is 4.79 Å². The Morgan fingerprint density at radius 3 is 2.88 bits per heavy atom. The minimum atomic E-state index is -0.175. The van der Waals surface area contributed by atoms with E-state index in [0.29, 0.717) is 13.2 Å². The summed E-state index contributed by atoms with van der Waals surface area (Å²) < 4.78 is 5.55. The fraction of sp³-hybridized carbons (Fsp3) is 0.417. The second-order valence-corrected chi connectivity index (χ2v) is 3.87. The average Bonchev–Trinajstić information content (AvgIpc) is 2.28. The van der Waals surface area contributed by atoms with Crippen LogP contribution in [0.4, 0.5) is 0 Å². The maximum Gasteiger partial charge on any atom is 0.235 e. The molecule has 1 N–H and O–H groups in total. The first-order valence-corrected chi connectivity index (χ1v) is 5.69. The van der Waals surface area contributed by atoms with Gasteiger partial charge in [0, 0.05) is 0 Å². The molecule has 4 heteroatoms. The number of hydrogen-bond acceptors (Lipinski definition) is 2. The van der Waals surface area contributed by atoms with Crippen LogP contribution in [0.3, 0.4) is 0 Å². The molecule has 1 aromatic carbocycles. The standard InChI is InChI=1S/C12H16ClNO2/c1-9-3-4-10(2)11(7-9)16-6-5-14-12(15)8-13/h3-4,7H,5-6,8H2,1-2H3,(H,14,15). The highest BCUT2D eigenvalue weighted by Gasteiger charge is 2.00. The zero-order valence-electron chi connectivity index (χ0n) is 9.55. The number of rotatable bonds is 5. The van der Waals surface area contributed by atoms with Crippen molar-refractivity contribution in [2.45, 2.75) is 13.8 Å². The van der Waals surface area contributed by atoms with E-state index in [1.165, 1.54) is 0 Å². The number of ether oxygens (including phenoxy) is 1. The van der Waals surface area contributed by atoms with Gasteiger partial charge in [0.25, 0.3) is 0 Å². The second-order valence-electron chi connectivity index (χ2n) is 3.60.